The summed E-state index contributed by atoms with van der Waals surface area (Å²) < 4.78 is 24.7. The van der Waals surface area contributed by atoms with Crippen molar-refractivity contribution in [1.82, 2.24) is 14.5 Å². The molecule has 1 fully saturated rings. The third kappa shape index (κ3) is 6.90. The zero-order chi connectivity index (χ0) is 20.0. The van der Waals surface area contributed by atoms with E-state index in [1.54, 1.807) is 0 Å². The van der Waals surface area contributed by atoms with E-state index in [0.29, 0.717) is 32.0 Å². The van der Waals surface area contributed by atoms with Crippen LogP contribution in [0.15, 0.2) is 30.3 Å². The Morgan fingerprint density at radius 1 is 1.19 bits per heavy atom. The van der Waals surface area contributed by atoms with E-state index in [1.807, 2.05) is 25.1 Å². The molecule has 1 N–H and O–H groups in total. The van der Waals surface area contributed by atoms with Crippen LogP contribution in [0.25, 0.3) is 0 Å². The molecule has 1 unspecified atom stereocenters. The van der Waals surface area contributed by atoms with Gasteiger partial charge in [-0.1, -0.05) is 30.3 Å². The highest BCUT2D eigenvalue weighted by atomic mass is 32.2. The molecule has 7 heteroatoms. The van der Waals surface area contributed by atoms with Gasteiger partial charge in [-0.15, -0.1) is 0 Å². The van der Waals surface area contributed by atoms with Gasteiger partial charge in [0, 0.05) is 44.2 Å². The first kappa shape index (κ1) is 21.9. The van der Waals surface area contributed by atoms with Crippen LogP contribution in [0.1, 0.15) is 39.2 Å². The molecule has 0 radical (unpaired) electrons. The second-order valence-corrected chi connectivity index (χ2v) is 9.84. The van der Waals surface area contributed by atoms with Crippen molar-refractivity contribution in [2.24, 2.45) is 5.92 Å². The summed E-state index contributed by atoms with van der Waals surface area (Å²) in [5, 5.41) is 3.13. The third-order valence-electron chi connectivity index (χ3n) is 5.15. The van der Waals surface area contributed by atoms with Gasteiger partial charge in [0.2, 0.25) is 15.9 Å². The molecule has 1 aliphatic heterocycles. The number of hydrogen-bond acceptors (Lipinski definition) is 4. The zero-order valence-electron chi connectivity index (χ0n) is 16.9. The summed E-state index contributed by atoms with van der Waals surface area (Å²) in [6.07, 6.45) is 2.40. The maximum atomic E-state index is 12.6. The van der Waals surface area contributed by atoms with Crippen LogP contribution in [0.5, 0.6) is 0 Å². The summed E-state index contributed by atoms with van der Waals surface area (Å²) in [6, 6.07) is 10.8. The first-order chi connectivity index (χ1) is 12.7. The average molecular weight is 396 g/mol. The summed E-state index contributed by atoms with van der Waals surface area (Å²) >= 11 is 0. The summed E-state index contributed by atoms with van der Waals surface area (Å²) in [4.78, 5) is 14.9. The van der Waals surface area contributed by atoms with Gasteiger partial charge in [-0.2, -0.15) is 0 Å². The Hall–Kier alpha value is -1.44. The monoisotopic (exact) mass is 395 g/mol. The molecule has 0 bridgehead atoms. The molecular weight excluding hydrogens is 362 g/mol. The van der Waals surface area contributed by atoms with Crippen molar-refractivity contribution in [3.05, 3.63) is 35.9 Å². The van der Waals surface area contributed by atoms with Gasteiger partial charge in [0.15, 0.2) is 0 Å². The molecule has 0 aromatic heterocycles. The van der Waals surface area contributed by atoms with E-state index < -0.39 is 10.0 Å². The quantitative estimate of drug-likeness (QED) is 0.732. The summed E-state index contributed by atoms with van der Waals surface area (Å²) in [5.41, 5.74) is 1.26. The summed E-state index contributed by atoms with van der Waals surface area (Å²) in [6.45, 7) is 8.85. The van der Waals surface area contributed by atoms with Crippen molar-refractivity contribution in [3.63, 3.8) is 0 Å². The number of piperidine rings is 1. The van der Waals surface area contributed by atoms with Crippen LogP contribution < -0.4 is 5.32 Å². The van der Waals surface area contributed by atoms with E-state index in [-0.39, 0.29) is 17.9 Å². The van der Waals surface area contributed by atoms with Crippen LogP contribution >= 0.6 is 0 Å². The number of nitrogens with one attached hydrogen (secondary N) is 1. The van der Waals surface area contributed by atoms with Gasteiger partial charge in [-0.25, -0.2) is 12.7 Å². The highest BCUT2D eigenvalue weighted by molar-refractivity contribution is 7.88. The lowest BCUT2D eigenvalue weighted by atomic mass is 9.97. The van der Waals surface area contributed by atoms with Gasteiger partial charge in [0.05, 0.1) is 6.26 Å². The molecule has 1 saturated heterocycles. The molecule has 152 valence electrons. The van der Waals surface area contributed by atoms with Crippen LogP contribution in [0.2, 0.25) is 0 Å². The van der Waals surface area contributed by atoms with Gasteiger partial charge < -0.3 is 5.32 Å². The number of benzene rings is 1. The molecular formula is C20H33N3O3S. The minimum atomic E-state index is -3.16. The van der Waals surface area contributed by atoms with E-state index in [4.69, 9.17) is 0 Å². The van der Waals surface area contributed by atoms with E-state index in [2.05, 4.69) is 36.2 Å². The fourth-order valence-electron chi connectivity index (χ4n) is 3.48. The van der Waals surface area contributed by atoms with Crippen molar-refractivity contribution in [3.8, 4) is 0 Å². The standard InChI is InChI=1S/C20H33N3O3S/c1-16(2)22(15-18-8-6-5-7-9-18)14-17(3)21-20(24)19-10-12-23(13-11-19)27(4,25)26/h5-9,16-17,19H,10-15H2,1-4H3,(H,21,24). The van der Waals surface area contributed by atoms with Crippen molar-refractivity contribution in [2.75, 3.05) is 25.9 Å². The van der Waals surface area contributed by atoms with Gasteiger partial charge in [0.25, 0.3) is 0 Å². The minimum absolute atomic E-state index is 0.0385. The first-order valence-electron chi connectivity index (χ1n) is 9.70. The Morgan fingerprint density at radius 2 is 1.78 bits per heavy atom. The van der Waals surface area contributed by atoms with Crippen LogP contribution in [-0.4, -0.2) is 61.5 Å². The number of rotatable bonds is 8. The Kier molecular flexibility index (Phi) is 7.82. The number of sulfonamides is 1. The smallest absolute Gasteiger partial charge is 0.223 e. The molecule has 1 heterocycles. The Labute approximate surface area is 164 Å². The minimum Gasteiger partial charge on any atom is -0.352 e. The number of nitrogens with zero attached hydrogens (tertiary/aromatic N) is 2. The fourth-order valence-corrected chi connectivity index (χ4v) is 4.36. The first-order valence-corrected chi connectivity index (χ1v) is 11.5. The van der Waals surface area contributed by atoms with Gasteiger partial charge in [-0.3, -0.25) is 9.69 Å². The molecule has 1 aliphatic rings. The normalized spacial score (nSPS) is 18.0. The SMILES string of the molecule is CC(CN(Cc1ccccc1)C(C)C)NC(=O)C1CCN(S(C)(=O)=O)CC1. The predicted molar refractivity (Wildman–Crippen MR) is 109 cm³/mol. The lowest BCUT2D eigenvalue weighted by molar-refractivity contribution is -0.126. The molecule has 1 amide bonds. The zero-order valence-corrected chi connectivity index (χ0v) is 17.7. The highest BCUT2D eigenvalue weighted by Gasteiger charge is 2.29. The molecule has 0 spiro atoms. The maximum absolute atomic E-state index is 12.6. The van der Waals surface area contributed by atoms with E-state index in [1.165, 1.54) is 16.1 Å². The molecule has 0 aliphatic carbocycles. The van der Waals surface area contributed by atoms with Crippen LogP contribution in [-0.2, 0) is 21.4 Å². The van der Waals surface area contributed by atoms with Crippen molar-refractivity contribution in [2.45, 2.75) is 52.2 Å². The molecule has 1 aromatic rings. The fraction of sp³-hybridized carbons (Fsp3) is 0.650. The molecule has 2 rings (SSSR count). The Morgan fingerprint density at radius 3 is 2.30 bits per heavy atom. The molecule has 6 nitrogen and oxygen atoms in total. The number of hydrogen-bond donors (Lipinski definition) is 1. The lowest BCUT2D eigenvalue weighted by Gasteiger charge is -2.32. The van der Waals surface area contributed by atoms with Crippen molar-refractivity contribution >= 4 is 15.9 Å². The number of carbonyl (C=O) groups excluding carboxylic acids is 1. The van der Waals surface area contributed by atoms with Crippen LogP contribution in [0.4, 0.5) is 0 Å². The maximum Gasteiger partial charge on any atom is 0.223 e. The highest BCUT2D eigenvalue weighted by Crippen LogP contribution is 2.19. The average Bonchev–Trinajstić information content (AvgIpc) is 2.61. The third-order valence-corrected chi connectivity index (χ3v) is 6.45. The van der Waals surface area contributed by atoms with E-state index in [9.17, 15) is 13.2 Å². The Bertz CT molecular complexity index is 698. The van der Waals surface area contributed by atoms with Crippen LogP contribution in [0.3, 0.4) is 0 Å². The summed E-state index contributed by atoms with van der Waals surface area (Å²) in [7, 11) is -3.16. The molecule has 1 aromatic carbocycles. The molecule has 1 atom stereocenters. The largest absolute Gasteiger partial charge is 0.352 e. The second-order valence-electron chi connectivity index (χ2n) is 7.85. The van der Waals surface area contributed by atoms with Gasteiger partial charge in [-0.05, 0) is 39.2 Å². The topological polar surface area (TPSA) is 69.7 Å². The number of carbonyl (C=O) groups is 1. The van der Waals surface area contributed by atoms with Crippen molar-refractivity contribution in [1.29, 1.82) is 0 Å². The predicted octanol–water partition coefficient (Wildman–Crippen LogP) is 2.07. The van der Waals surface area contributed by atoms with E-state index in [0.717, 1.165) is 13.1 Å². The lowest BCUT2D eigenvalue weighted by Crippen LogP contribution is -2.48. The Balaban J connectivity index is 1.84. The van der Waals surface area contributed by atoms with E-state index >= 15 is 0 Å². The second kappa shape index (κ2) is 9.66. The molecule has 27 heavy (non-hydrogen) atoms. The van der Waals surface area contributed by atoms with Crippen molar-refractivity contribution < 1.29 is 13.2 Å². The van der Waals surface area contributed by atoms with Gasteiger partial charge in [0.1, 0.15) is 0 Å². The van der Waals surface area contributed by atoms with Gasteiger partial charge >= 0.3 is 0 Å². The molecule has 0 saturated carbocycles. The van der Waals surface area contributed by atoms with Crippen LogP contribution in [0, 0.1) is 5.92 Å². The summed E-state index contributed by atoms with van der Waals surface area (Å²) in [5.74, 6) is -0.0638. The number of amides is 1.